The van der Waals surface area contributed by atoms with Crippen LogP contribution in [0.4, 0.5) is 0 Å². The summed E-state index contributed by atoms with van der Waals surface area (Å²) in [5.74, 6) is -3.95. The summed E-state index contributed by atoms with van der Waals surface area (Å²) in [6.07, 6.45) is -0.908. The van der Waals surface area contributed by atoms with Crippen LogP contribution in [0, 0.1) is 0 Å². The van der Waals surface area contributed by atoms with E-state index in [4.69, 9.17) is 28.6 Å². The Balaban J connectivity index is 1.62. The number of carbonyl (C=O) groups excluding carboxylic acids is 7. The van der Waals surface area contributed by atoms with Crippen molar-refractivity contribution in [2.45, 2.75) is 148 Å². The molecular weight excluding hydrogens is 660 g/mol. The van der Waals surface area contributed by atoms with Crippen LogP contribution in [0.5, 0.6) is 0 Å². The summed E-state index contributed by atoms with van der Waals surface area (Å²) < 4.78 is 23.6. The quantitative estimate of drug-likeness (QED) is 0.120. The van der Waals surface area contributed by atoms with Crippen LogP contribution in [0.1, 0.15) is 120 Å². The summed E-state index contributed by atoms with van der Waals surface area (Å²) >= 11 is 0. The Morgan fingerprint density at radius 3 is 1.42 bits per heavy atom. The molecule has 50 heavy (non-hydrogen) atoms. The Kier molecular flexibility index (Phi) is 15.7. The number of ether oxygens (including phenoxy) is 4. The monoisotopic (exact) mass is 714 g/mol. The SMILES string of the molecule is CC(C)(CCOC(C)(C)C(=O)CCC(=O)ON1C(=O)CCC1=O)OCCOC(C)(C)CCOC(C)(C)C(=O)CCC(=O)ON1C(=O)CCC1O. The van der Waals surface area contributed by atoms with Crippen molar-refractivity contribution in [3.63, 3.8) is 0 Å². The van der Waals surface area contributed by atoms with Gasteiger partial charge >= 0.3 is 11.9 Å². The number of nitrogens with zero attached hydrogens (tertiary/aromatic N) is 2. The van der Waals surface area contributed by atoms with E-state index in [0.29, 0.717) is 23.0 Å². The van der Waals surface area contributed by atoms with Crippen molar-refractivity contribution < 1.29 is 67.3 Å². The zero-order valence-corrected chi connectivity index (χ0v) is 30.6. The second-order valence-corrected chi connectivity index (χ2v) is 14.5. The molecule has 0 aromatic heterocycles. The van der Waals surface area contributed by atoms with Crippen LogP contribution in [-0.4, -0.2) is 112 Å². The normalized spacial score (nSPS) is 17.5. The summed E-state index contributed by atoms with van der Waals surface area (Å²) in [6, 6.07) is 0. The van der Waals surface area contributed by atoms with Gasteiger partial charge in [-0.25, -0.2) is 9.59 Å². The van der Waals surface area contributed by atoms with Gasteiger partial charge in [-0.15, -0.1) is 10.1 Å². The smallest absolute Gasteiger partial charge is 0.333 e. The van der Waals surface area contributed by atoms with Crippen LogP contribution in [0.25, 0.3) is 0 Å². The van der Waals surface area contributed by atoms with Crippen molar-refractivity contribution in [3.05, 3.63) is 0 Å². The highest BCUT2D eigenvalue weighted by molar-refractivity contribution is 6.01. The fourth-order valence-corrected chi connectivity index (χ4v) is 4.80. The summed E-state index contributed by atoms with van der Waals surface area (Å²) in [6.45, 7) is 14.9. The molecule has 3 amide bonds. The number of imide groups is 1. The van der Waals surface area contributed by atoms with Crippen molar-refractivity contribution in [2.75, 3.05) is 26.4 Å². The predicted molar refractivity (Wildman–Crippen MR) is 173 cm³/mol. The molecule has 2 rings (SSSR count). The lowest BCUT2D eigenvalue weighted by Crippen LogP contribution is -2.39. The van der Waals surface area contributed by atoms with Crippen molar-refractivity contribution in [1.29, 1.82) is 0 Å². The van der Waals surface area contributed by atoms with Crippen LogP contribution in [0.2, 0.25) is 0 Å². The van der Waals surface area contributed by atoms with Gasteiger partial charge in [-0.3, -0.25) is 24.0 Å². The van der Waals surface area contributed by atoms with E-state index in [-0.39, 0.29) is 89.4 Å². The number of ketones is 2. The third-order valence-corrected chi connectivity index (χ3v) is 8.39. The third-order valence-electron chi connectivity index (χ3n) is 8.39. The maximum absolute atomic E-state index is 12.7. The fourth-order valence-electron chi connectivity index (χ4n) is 4.80. The number of hydrogen-bond acceptors (Lipinski definition) is 14. The predicted octanol–water partition coefficient (Wildman–Crippen LogP) is 2.65. The first kappa shape index (κ1) is 42.9. The van der Waals surface area contributed by atoms with Crippen LogP contribution in [0.3, 0.4) is 0 Å². The van der Waals surface area contributed by atoms with Crippen molar-refractivity contribution >= 4 is 41.2 Å². The maximum atomic E-state index is 12.7. The lowest BCUT2D eigenvalue weighted by Gasteiger charge is -2.31. The van der Waals surface area contributed by atoms with Gasteiger partial charge in [0, 0.05) is 38.5 Å². The molecule has 1 unspecified atom stereocenters. The second-order valence-electron chi connectivity index (χ2n) is 14.5. The standard InChI is InChI=1S/C34H54N2O14/c1-31(2,17-19-47-33(5,6)23(37)9-15-29(43)49-35-25(39)11-12-26(35)40)45-21-22-46-32(3,4)18-20-48-34(7,8)24(38)10-16-30(44)50-36-27(41)13-14-28(36)42/h25,39H,9-22H2,1-8H3. The van der Waals surface area contributed by atoms with Crippen LogP contribution in [-0.2, 0) is 62.2 Å². The van der Waals surface area contributed by atoms with E-state index in [9.17, 15) is 38.7 Å². The van der Waals surface area contributed by atoms with Crippen molar-refractivity contribution in [1.82, 2.24) is 10.1 Å². The molecule has 284 valence electrons. The zero-order chi connectivity index (χ0) is 37.9. The summed E-state index contributed by atoms with van der Waals surface area (Å²) in [5.41, 5.74) is -3.56. The topological polar surface area (TPSA) is 202 Å². The van der Waals surface area contributed by atoms with E-state index < -0.39 is 58.3 Å². The highest BCUT2D eigenvalue weighted by Crippen LogP contribution is 2.23. The molecule has 1 atom stereocenters. The second kappa shape index (κ2) is 18.3. The number of aliphatic hydroxyl groups excluding tert-OH is 1. The number of aliphatic hydroxyl groups is 1. The lowest BCUT2D eigenvalue weighted by atomic mass is 9.98. The van der Waals surface area contributed by atoms with Crippen molar-refractivity contribution in [2.24, 2.45) is 0 Å². The van der Waals surface area contributed by atoms with Gasteiger partial charge in [-0.2, -0.15) is 0 Å². The van der Waals surface area contributed by atoms with Gasteiger partial charge in [0.05, 0.1) is 50.5 Å². The van der Waals surface area contributed by atoms with Gasteiger partial charge in [0.2, 0.25) is 0 Å². The molecule has 16 nitrogen and oxygen atoms in total. The first-order valence-electron chi connectivity index (χ1n) is 17.0. The molecule has 2 fully saturated rings. The minimum atomic E-state index is -1.19. The molecule has 0 aliphatic carbocycles. The average molecular weight is 715 g/mol. The summed E-state index contributed by atoms with van der Waals surface area (Å²) in [7, 11) is 0. The molecule has 2 aliphatic heterocycles. The highest BCUT2D eigenvalue weighted by Gasteiger charge is 2.36. The van der Waals surface area contributed by atoms with Crippen LogP contribution < -0.4 is 0 Å². The molecule has 0 bridgehead atoms. The molecule has 0 radical (unpaired) electrons. The molecular formula is C34H54N2O14. The first-order valence-corrected chi connectivity index (χ1v) is 17.0. The molecule has 0 spiro atoms. The fraction of sp³-hybridized carbons (Fsp3) is 0.794. The Bertz CT molecular complexity index is 1240. The van der Waals surface area contributed by atoms with Gasteiger partial charge in [0.15, 0.2) is 17.8 Å². The van der Waals surface area contributed by atoms with Crippen LogP contribution in [0.15, 0.2) is 0 Å². The Hall–Kier alpha value is -3.31. The average Bonchev–Trinajstić information content (AvgIpc) is 3.50. The molecule has 0 saturated carbocycles. The van der Waals surface area contributed by atoms with Gasteiger partial charge < -0.3 is 33.7 Å². The highest BCUT2D eigenvalue weighted by atomic mass is 16.7. The lowest BCUT2D eigenvalue weighted by molar-refractivity contribution is -0.220. The molecule has 2 heterocycles. The number of hydroxylamine groups is 4. The minimum absolute atomic E-state index is 0.0133. The van der Waals surface area contributed by atoms with E-state index in [1.54, 1.807) is 27.7 Å². The Morgan fingerprint density at radius 2 is 1.02 bits per heavy atom. The minimum Gasteiger partial charge on any atom is -0.373 e. The number of amides is 3. The molecule has 0 aromatic carbocycles. The van der Waals surface area contributed by atoms with E-state index >= 15 is 0 Å². The van der Waals surface area contributed by atoms with Gasteiger partial charge in [0.25, 0.3) is 17.7 Å². The first-order chi connectivity index (χ1) is 23.0. The molecule has 2 saturated heterocycles. The molecule has 16 heteroatoms. The van der Waals surface area contributed by atoms with E-state index in [1.807, 2.05) is 27.7 Å². The summed E-state index contributed by atoms with van der Waals surface area (Å²) in [5, 5.41) is 10.8. The van der Waals surface area contributed by atoms with Gasteiger partial charge in [-0.1, -0.05) is 0 Å². The number of carbonyl (C=O) groups is 7. The van der Waals surface area contributed by atoms with Crippen molar-refractivity contribution in [3.8, 4) is 0 Å². The largest absolute Gasteiger partial charge is 0.373 e. The van der Waals surface area contributed by atoms with E-state index in [1.165, 1.54) is 0 Å². The van der Waals surface area contributed by atoms with Gasteiger partial charge in [-0.05, 0) is 68.2 Å². The number of Topliss-reactive ketones (excluding diaryl/α,β-unsaturated/α-hetero) is 2. The maximum Gasteiger partial charge on any atom is 0.333 e. The number of hydrogen-bond donors (Lipinski definition) is 1. The third kappa shape index (κ3) is 14.1. The van der Waals surface area contributed by atoms with Gasteiger partial charge in [0.1, 0.15) is 11.2 Å². The summed E-state index contributed by atoms with van der Waals surface area (Å²) in [4.78, 5) is 94.1. The Morgan fingerprint density at radius 1 is 0.600 bits per heavy atom. The van der Waals surface area contributed by atoms with E-state index in [2.05, 4.69) is 0 Å². The zero-order valence-electron chi connectivity index (χ0n) is 30.6. The number of rotatable bonds is 23. The molecule has 0 aromatic rings. The molecule has 2 aliphatic rings. The molecule has 1 N–H and O–H groups in total. The van der Waals surface area contributed by atoms with Crippen LogP contribution >= 0.6 is 0 Å². The van der Waals surface area contributed by atoms with E-state index in [0.717, 1.165) is 0 Å². The Labute approximate surface area is 293 Å².